The van der Waals surface area contributed by atoms with E-state index >= 15 is 0 Å². The van der Waals surface area contributed by atoms with E-state index in [4.69, 9.17) is 0 Å². The van der Waals surface area contributed by atoms with Crippen LogP contribution < -0.4 is 0 Å². The topological polar surface area (TPSA) is 0 Å². The molecule has 0 aliphatic heterocycles. The molecule has 0 spiro atoms. The molecule has 2 bridgehead atoms. The van der Waals surface area contributed by atoms with Crippen molar-refractivity contribution in [2.75, 3.05) is 0 Å². The molecule has 8 heavy (non-hydrogen) atoms. The number of rotatable bonds is 0. The minimum Gasteiger partial charge on any atom is -0.0848 e. The van der Waals surface area contributed by atoms with Crippen LogP contribution in [0.15, 0.2) is 12.2 Å². The standard InChI is InChI=1S/C8H10/c1-2-6-3-5(1)7-4-8(6)7/h1-2,5-8H,3-4H2. The van der Waals surface area contributed by atoms with Gasteiger partial charge in [0.05, 0.1) is 0 Å². The van der Waals surface area contributed by atoms with Crippen molar-refractivity contribution in [3.63, 3.8) is 0 Å². The van der Waals surface area contributed by atoms with Crippen molar-refractivity contribution >= 4 is 0 Å². The van der Waals surface area contributed by atoms with Crippen molar-refractivity contribution in [1.82, 2.24) is 0 Å². The first-order chi connectivity index (χ1) is 3.95. The lowest BCUT2D eigenvalue weighted by Gasteiger charge is -1.97. The third-order valence-corrected chi connectivity index (χ3v) is 3.14. The lowest BCUT2D eigenvalue weighted by atomic mass is 10.1. The van der Waals surface area contributed by atoms with Crippen LogP contribution in [-0.4, -0.2) is 0 Å². The Kier molecular flexibility index (Phi) is 0.415. The molecule has 0 heterocycles. The minimum atomic E-state index is 1.03. The zero-order chi connectivity index (χ0) is 5.14. The molecule has 3 aliphatic rings. The van der Waals surface area contributed by atoms with E-state index in [-0.39, 0.29) is 0 Å². The fraction of sp³-hybridized carbons (Fsp3) is 0.750. The Morgan fingerprint density at radius 1 is 0.875 bits per heavy atom. The molecule has 0 amide bonds. The number of hydrogen-bond donors (Lipinski definition) is 0. The van der Waals surface area contributed by atoms with E-state index in [0.29, 0.717) is 0 Å². The van der Waals surface area contributed by atoms with Gasteiger partial charge in [0.2, 0.25) is 0 Å². The van der Waals surface area contributed by atoms with Gasteiger partial charge in [0.25, 0.3) is 0 Å². The molecule has 3 aliphatic carbocycles. The molecule has 42 valence electrons. The normalized spacial score (nSPS) is 64.0. The molecule has 4 unspecified atom stereocenters. The first-order valence-electron chi connectivity index (χ1n) is 3.63. The van der Waals surface area contributed by atoms with E-state index in [1.165, 1.54) is 6.42 Å². The third-order valence-electron chi connectivity index (χ3n) is 3.14. The highest BCUT2D eigenvalue weighted by molar-refractivity contribution is 5.20. The monoisotopic (exact) mass is 106 g/mol. The summed E-state index contributed by atoms with van der Waals surface area (Å²) in [6.07, 6.45) is 7.95. The van der Waals surface area contributed by atoms with Crippen molar-refractivity contribution in [2.24, 2.45) is 23.7 Å². The summed E-state index contributed by atoms with van der Waals surface area (Å²) in [6.45, 7) is 0. The lowest BCUT2D eigenvalue weighted by Crippen LogP contribution is -1.88. The Morgan fingerprint density at radius 3 is 1.88 bits per heavy atom. The fourth-order valence-corrected chi connectivity index (χ4v) is 2.61. The van der Waals surface area contributed by atoms with Crippen molar-refractivity contribution in [3.05, 3.63) is 12.2 Å². The summed E-state index contributed by atoms with van der Waals surface area (Å²) in [5.41, 5.74) is 0. The van der Waals surface area contributed by atoms with E-state index in [0.717, 1.165) is 23.7 Å². The summed E-state index contributed by atoms with van der Waals surface area (Å²) in [4.78, 5) is 0. The van der Waals surface area contributed by atoms with Gasteiger partial charge in [0.1, 0.15) is 0 Å². The minimum absolute atomic E-state index is 1.03. The van der Waals surface area contributed by atoms with Crippen molar-refractivity contribution in [1.29, 1.82) is 0 Å². The highest BCUT2D eigenvalue weighted by atomic mass is 14.6. The second kappa shape index (κ2) is 0.896. The highest BCUT2D eigenvalue weighted by Gasteiger charge is 2.54. The van der Waals surface area contributed by atoms with Crippen LogP contribution in [0.3, 0.4) is 0 Å². The average molecular weight is 106 g/mol. The van der Waals surface area contributed by atoms with E-state index in [1.54, 1.807) is 6.42 Å². The molecule has 4 atom stereocenters. The van der Waals surface area contributed by atoms with E-state index < -0.39 is 0 Å². The molecule has 2 fully saturated rings. The summed E-state index contributed by atoms with van der Waals surface area (Å²) >= 11 is 0. The van der Waals surface area contributed by atoms with Gasteiger partial charge in [0, 0.05) is 0 Å². The summed E-state index contributed by atoms with van der Waals surface area (Å²) < 4.78 is 0. The number of fused-ring (bicyclic) bond motifs is 5. The molecule has 3 rings (SSSR count). The Labute approximate surface area is 49.6 Å². The van der Waals surface area contributed by atoms with Crippen LogP contribution >= 0.6 is 0 Å². The molecule has 2 saturated carbocycles. The fourth-order valence-electron chi connectivity index (χ4n) is 2.61. The van der Waals surface area contributed by atoms with Crippen molar-refractivity contribution in [3.8, 4) is 0 Å². The van der Waals surface area contributed by atoms with Crippen LogP contribution in [0.2, 0.25) is 0 Å². The molecule has 0 aromatic rings. The Bertz CT molecular complexity index is 141. The van der Waals surface area contributed by atoms with Gasteiger partial charge in [-0.15, -0.1) is 0 Å². The van der Waals surface area contributed by atoms with Gasteiger partial charge < -0.3 is 0 Å². The molecule has 0 saturated heterocycles. The molecule has 0 aromatic carbocycles. The maximum atomic E-state index is 2.44. The SMILES string of the molecule is C1=CC2CC1C1CC21. The zero-order valence-corrected chi connectivity index (χ0v) is 4.88. The molecule has 0 heteroatoms. The van der Waals surface area contributed by atoms with Crippen LogP contribution in [-0.2, 0) is 0 Å². The second-order valence-electron chi connectivity index (χ2n) is 3.51. The summed E-state index contributed by atoms with van der Waals surface area (Å²) in [6, 6.07) is 0. The summed E-state index contributed by atoms with van der Waals surface area (Å²) in [7, 11) is 0. The summed E-state index contributed by atoms with van der Waals surface area (Å²) in [5, 5.41) is 0. The smallest absolute Gasteiger partial charge is 0.0196 e. The zero-order valence-electron chi connectivity index (χ0n) is 4.88. The van der Waals surface area contributed by atoms with Crippen LogP contribution in [0.1, 0.15) is 12.8 Å². The molecule has 0 aromatic heterocycles. The van der Waals surface area contributed by atoms with E-state index in [1.807, 2.05) is 0 Å². The molecular weight excluding hydrogens is 96.1 g/mol. The van der Waals surface area contributed by atoms with Crippen LogP contribution in [0.5, 0.6) is 0 Å². The maximum absolute atomic E-state index is 2.44. The van der Waals surface area contributed by atoms with Gasteiger partial charge in [-0.3, -0.25) is 0 Å². The maximum Gasteiger partial charge on any atom is -0.0196 e. The van der Waals surface area contributed by atoms with E-state index in [9.17, 15) is 0 Å². The largest absolute Gasteiger partial charge is 0.0848 e. The number of allylic oxidation sites excluding steroid dienone is 2. The first-order valence-corrected chi connectivity index (χ1v) is 3.63. The van der Waals surface area contributed by atoms with Crippen molar-refractivity contribution < 1.29 is 0 Å². The molecule has 0 nitrogen and oxygen atoms in total. The van der Waals surface area contributed by atoms with Gasteiger partial charge in [-0.25, -0.2) is 0 Å². The molecular formula is C8H10. The van der Waals surface area contributed by atoms with Gasteiger partial charge >= 0.3 is 0 Å². The van der Waals surface area contributed by atoms with Crippen LogP contribution in [0.25, 0.3) is 0 Å². The second-order valence-corrected chi connectivity index (χ2v) is 3.51. The average Bonchev–Trinajstić information content (AvgIpc) is 2.39. The van der Waals surface area contributed by atoms with Crippen molar-refractivity contribution in [2.45, 2.75) is 12.8 Å². The quantitative estimate of drug-likeness (QED) is 0.413. The van der Waals surface area contributed by atoms with Gasteiger partial charge in [-0.1, -0.05) is 12.2 Å². The first kappa shape index (κ1) is 3.71. The van der Waals surface area contributed by atoms with E-state index in [2.05, 4.69) is 12.2 Å². The number of hydrogen-bond acceptors (Lipinski definition) is 0. The third kappa shape index (κ3) is 0.249. The van der Waals surface area contributed by atoms with Crippen LogP contribution in [0.4, 0.5) is 0 Å². The predicted octanol–water partition coefficient (Wildman–Crippen LogP) is 1.83. The summed E-state index contributed by atoms with van der Waals surface area (Å²) in [5.74, 6) is 4.38. The predicted molar refractivity (Wildman–Crippen MR) is 32.3 cm³/mol. The van der Waals surface area contributed by atoms with Gasteiger partial charge in [-0.2, -0.15) is 0 Å². The van der Waals surface area contributed by atoms with Crippen LogP contribution in [0, 0.1) is 23.7 Å². The molecule has 0 radical (unpaired) electrons. The van der Waals surface area contributed by atoms with Gasteiger partial charge in [-0.05, 0) is 36.5 Å². The van der Waals surface area contributed by atoms with Gasteiger partial charge in [0.15, 0.2) is 0 Å². The lowest BCUT2D eigenvalue weighted by molar-refractivity contribution is 0.574. The molecule has 0 N–H and O–H groups in total. The Morgan fingerprint density at radius 2 is 1.50 bits per heavy atom. The Hall–Kier alpha value is -0.260. The highest BCUT2D eigenvalue weighted by Crippen LogP contribution is 2.62. The Balaban J connectivity index is 2.12.